The van der Waals surface area contributed by atoms with E-state index >= 15 is 8.78 Å². The van der Waals surface area contributed by atoms with Gasteiger partial charge in [-0.2, -0.15) is 0 Å². The van der Waals surface area contributed by atoms with Gasteiger partial charge in [0.05, 0.1) is 0 Å². The zero-order chi connectivity index (χ0) is 22.4. The molecule has 0 aliphatic rings. The van der Waals surface area contributed by atoms with Crippen LogP contribution in [0, 0.1) is 17.5 Å². The molecule has 0 amide bonds. The average molecular weight is 428 g/mol. The standard InChI is InChI=1S/C24H24BF3O3/c1-2-3-11-18(17-10-4-7-14-21(17)26)24(31-25(29)30,19-12-5-8-15-22(19)27)20-13-6-9-16-23(20)28/h4-10,12-16,18,29-30H,2-3,11H2,1H3. The van der Waals surface area contributed by atoms with E-state index in [0.717, 1.165) is 6.42 Å². The fraction of sp³-hybridized carbons (Fsp3) is 0.250. The first-order valence-corrected chi connectivity index (χ1v) is 10.2. The van der Waals surface area contributed by atoms with Gasteiger partial charge in [0.25, 0.3) is 0 Å². The molecule has 31 heavy (non-hydrogen) atoms. The lowest BCUT2D eigenvalue weighted by Crippen LogP contribution is -2.44. The van der Waals surface area contributed by atoms with E-state index in [1.165, 1.54) is 54.6 Å². The molecule has 3 rings (SSSR count). The molecule has 3 aromatic carbocycles. The van der Waals surface area contributed by atoms with Gasteiger partial charge in [-0.1, -0.05) is 74.4 Å². The van der Waals surface area contributed by atoms with Crippen LogP contribution in [0.15, 0.2) is 72.8 Å². The van der Waals surface area contributed by atoms with Crippen LogP contribution in [-0.2, 0) is 10.3 Å². The predicted octanol–water partition coefficient (Wildman–Crippen LogP) is 5.31. The van der Waals surface area contributed by atoms with E-state index in [9.17, 15) is 14.4 Å². The summed E-state index contributed by atoms with van der Waals surface area (Å²) < 4.78 is 51.0. The molecule has 2 N–H and O–H groups in total. The van der Waals surface area contributed by atoms with E-state index in [2.05, 4.69) is 0 Å². The summed E-state index contributed by atoms with van der Waals surface area (Å²) in [6, 6.07) is 17.1. The summed E-state index contributed by atoms with van der Waals surface area (Å²) >= 11 is 0. The van der Waals surface area contributed by atoms with Crippen molar-refractivity contribution < 1.29 is 27.9 Å². The Morgan fingerprint density at radius 2 is 1.29 bits per heavy atom. The molecule has 0 saturated carbocycles. The van der Waals surface area contributed by atoms with Crippen molar-refractivity contribution in [1.82, 2.24) is 0 Å². The lowest BCUT2D eigenvalue weighted by atomic mass is 9.69. The summed E-state index contributed by atoms with van der Waals surface area (Å²) in [7, 11) is -2.37. The van der Waals surface area contributed by atoms with Crippen molar-refractivity contribution in [3.63, 3.8) is 0 Å². The Labute approximate surface area is 180 Å². The van der Waals surface area contributed by atoms with Gasteiger partial charge in [-0.3, -0.25) is 0 Å². The summed E-state index contributed by atoms with van der Waals surface area (Å²) in [4.78, 5) is 0. The topological polar surface area (TPSA) is 49.7 Å². The maximum atomic E-state index is 15.2. The highest BCUT2D eigenvalue weighted by Gasteiger charge is 2.49. The second kappa shape index (κ2) is 10.1. The molecule has 0 saturated heterocycles. The largest absolute Gasteiger partial charge is 0.634 e. The Morgan fingerprint density at radius 3 is 1.74 bits per heavy atom. The molecule has 1 unspecified atom stereocenters. The van der Waals surface area contributed by atoms with Crippen molar-refractivity contribution in [2.45, 2.75) is 37.7 Å². The van der Waals surface area contributed by atoms with Crippen LogP contribution >= 0.6 is 0 Å². The first-order valence-electron chi connectivity index (χ1n) is 10.2. The molecule has 3 nitrogen and oxygen atoms in total. The number of hydrogen-bond acceptors (Lipinski definition) is 3. The van der Waals surface area contributed by atoms with Crippen LogP contribution < -0.4 is 0 Å². The van der Waals surface area contributed by atoms with Gasteiger partial charge < -0.3 is 14.7 Å². The minimum atomic E-state index is -2.37. The number of halogens is 3. The predicted molar refractivity (Wildman–Crippen MR) is 114 cm³/mol. The maximum absolute atomic E-state index is 15.2. The SMILES string of the molecule is CCCCC(c1ccccc1F)C(OB(O)O)(c1ccccc1F)c1ccccc1F. The van der Waals surface area contributed by atoms with Crippen LogP contribution in [0.4, 0.5) is 13.2 Å². The molecule has 162 valence electrons. The van der Waals surface area contributed by atoms with Crippen LogP contribution in [0.2, 0.25) is 0 Å². The monoisotopic (exact) mass is 428 g/mol. The summed E-state index contributed by atoms with van der Waals surface area (Å²) in [5, 5.41) is 19.8. The fourth-order valence-electron chi connectivity index (χ4n) is 4.16. The number of rotatable bonds is 9. The molecule has 0 bridgehead atoms. The minimum absolute atomic E-state index is 0.113. The maximum Gasteiger partial charge on any atom is 0.634 e. The molecule has 1 atom stereocenters. The number of unbranched alkanes of at least 4 members (excludes halogenated alkanes) is 1. The first kappa shape index (κ1) is 23.1. The Balaban J connectivity index is 2.43. The minimum Gasteiger partial charge on any atom is -0.402 e. The van der Waals surface area contributed by atoms with Crippen LogP contribution in [0.5, 0.6) is 0 Å². The molecule has 3 aromatic rings. The summed E-state index contributed by atoms with van der Waals surface area (Å²) in [5.74, 6) is -2.99. The molecular weight excluding hydrogens is 404 g/mol. The highest BCUT2D eigenvalue weighted by atomic mass is 19.1. The van der Waals surface area contributed by atoms with E-state index in [0.29, 0.717) is 6.42 Å². The second-order valence-electron chi connectivity index (χ2n) is 7.36. The van der Waals surface area contributed by atoms with Crippen molar-refractivity contribution in [3.8, 4) is 0 Å². The molecule has 0 spiro atoms. The van der Waals surface area contributed by atoms with Gasteiger partial charge in [0.1, 0.15) is 23.1 Å². The van der Waals surface area contributed by atoms with Gasteiger partial charge in [-0.05, 0) is 30.2 Å². The van der Waals surface area contributed by atoms with Gasteiger partial charge in [-0.25, -0.2) is 13.2 Å². The molecule has 0 aliphatic heterocycles. The van der Waals surface area contributed by atoms with Crippen molar-refractivity contribution in [3.05, 3.63) is 107 Å². The van der Waals surface area contributed by atoms with Gasteiger partial charge in [0, 0.05) is 17.0 Å². The smallest absolute Gasteiger partial charge is 0.402 e. The van der Waals surface area contributed by atoms with Crippen molar-refractivity contribution in [2.24, 2.45) is 0 Å². The number of hydrogen-bond donors (Lipinski definition) is 2. The molecule has 0 radical (unpaired) electrons. The van der Waals surface area contributed by atoms with Gasteiger partial charge in [0.2, 0.25) is 0 Å². The van der Waals surface area contributed by atoms with Crippen LogP contribution in [0.25, 0.3) is 0 Å². The van der Waals surface area contributed by atoms with Crippen molar-refractivity contribution in [2.75, 3.05) is 0 Å². The highest BCUT2D eigenvalue weighted by Crippen LogP contribution is 2.50. The van der Waals surface area contributed by atoms with Gasteiger partial charge >= 0.3 is 7.32 Å². The van der Waals surface area contributed by atoms with E-state index in [1.807, 2.05) is 6.92 Å². The third kappa shape index (κ3) is 4.69. The van der Waals surface area contributed by atoms with E-state index < -0.39 is 36.3 Å². The molecule has 0 heterocycles. The third-order valence-electron chi connectivity index (χ3n) is 5.46. The molecule has 7 heteroatoms. The van der Waals surface area contributed by atoms with Gasteiger partial charge in [0.15, 0.2) is 0 Å². The Kier molecular flexibility index (Phi) is 7.54. The average Bonchev–Trinajstić information content (AvgIpc) is 2.74. The van der Waals surface area contributed by atoms with E-state index in [1.54, 1.807) is 18.2 Å². The van der Waals surface area contributed by atoms with Crippen LogP contribution in [0.3, 0.4) is 0 Å². The molecule has 0 aliphatic carbocycles. The van der Waals surface area contributed by atoms with E-state index in [-0.39, 0.29) is 23.1 Å². The quantitative estimate of drug-likeness (QED) is 0.455. The third-order valence-corrected chi connectivity index (χ3v) is 5.46. The summed E-state index contributed by atoms with van der Waals surface area (Å²) in [6.45, 7) is 1.94. The molecule has 0 fully saturated rings. The first-order chi connectivity index (χ1) is 14.9. The Morgan fingerprint density at radius 1 is 0.806 bits per heavy atom. The Hall–Kier alpha value is -2.61. The van der Waals surface area contributed by atoms with Crippen LogP contribution in [-0.4, -0.2) is 17.4 Å². The zero-order valence-corrected chi connectivity index (χ0v) is 17.1. The molecule has 0 aromatic heterocycles. The fourth-order valence-corrected chi connectivity index (χ4v) is 4.16. The second-order valence-corrected chi connectivity index (χ2v) is 7.36. The lowest BCUT2D eigenvalue weighted by molar-refractivity contribution is 0.0160. The highest BCUT2D eigenvalue weighted by molar-refractivity contribution is 6.32. The zero-order valence-electron chi connectivity index (χ0n) is 17.1. The summed E-state index contributed by atoms with van der Waals surface area (Å²) in [6.07, 6.45) is 1.61. The summed E-state index contributed by atoms with van der Waals surface area (Å²) in [5.41, 5.74) is -2.10. The van der Waals surface area contributed by atoms with Crippen molar-refractivity contribution >= 4 is 7.32 Å². The lowest BCUT2D eigenvalue weighted by Gasteiger charge is -2.42. The van der Waals surface area contributed by atoms with E-state index in [4.69, 9.17) is 4.65 Å². The Bertz CT molecular complexity index is 967. The van der Waals surface area contributed by atoms with Crippen molar-refractivity contribution in [1.29, 1.82) is 0 Å². The normalized spacial score (nSPS) is 12.6. The molecular formula is C24H24BF3O3. The van der Waals surface area contributed by atoms with Crippen LogP contribution in [0.1, 0.15) is 48.8 Å². The van der Waals surface area contributed by atoms with Gasteiger partial charge in [-0.15, -0.1) is 0 Å². The number of benzene rings is 3.